The first-order valence-corrected chi connectivity index (χ1v) is 8.71. The van der Waals surface area contributed by atoms with Crippen molar-refractivity contribution in [2.45, 2.75) is 26.2 Å². The summed E-state index contributed by atoms with van der Waals surface area (Å²) in [6, 6.07) is 10.8. The highest BCUT2D eigenvalue weighted by Crippen LogP contribution is 2.18. The van der Waals surface area contributed by atoms with Crippen molar-refractivity contribution in [3.8, 4) is 11.6 Å². The van der Waals surface area contributed by atoms with E-state index in [9.17, 15) is 13.2 Å². The van der Waals surface area contributed by atoms with Crippen molar-refractivity contribution < 1.29 is 22.6 Å². The molecule has 2 rings (SSSR count). The fourth-order valence-electron chi connectivity index (χ4n) is 2.33. The van der Waals surface area contributed by atoms with Crippen molar-refractivity contribution in [1.29, 1.82) is 0 Å². The molecule has 1 heterocycles. The van der Waals surface area contributed by atoms with Gasteiger partial charge in [0.1, 0.15) is 5.75 Å². The van der Waals surface area contributed by atoms with Crippen LogP contribution in [-0.4, -0.2) is 37.4 Å². The van der Waals surface area contributed by atoms with Crippen LogP contribution in [0.15, 0.2) is 47.6 Å². The second-order valence-corrected chi connectivity index (χ2v) is 5.73. The number of guanidine groups is 1. The van der Waals surface area contributed by atoms with Crippen LogP contribution in [0, 0.1) is 0 Å². The molecule has 1 aromatic carbocycles. The first-order chi connectivity index (χ1) is 13.4. The average Bonchev–Trinajstić information content (AvgIpc) is 2.68. The van der Waals surface area contributed by atoms with Gasteiger partial charge in [0.2, 0.25) is 5.88 Å². The van der Waals surface area contributed by atoms with E-state index >= 15 is 0 Å². The van der Waals surface area contributed by atoms with Gasteiger partial charge in [-0.2, -0.15) is 13.2 Å². The lowest BCUT2D eigenvalue weighted by atomic mass is 10.2. The third kappa shape index (κ3) is 7.34. The minimum atomic E-state index is -4.40. The summed E-state index contributed by atoms with van der Waals surface area (Å²) >= 11 is 0. The molecule has 9 heteroatoms. The monoisotopic (exact) mass is 396 g/mol. The van der Waals surface area contributed by atoms with Gasteiger partial charge in [-0.15, -0.1) is 0 Å². The number of para-hydroxylation sites is 1. The summed E-state index contributed by atoms with van der Waals surface area (Å²) in [5.41, 5.74) is 1.70. The maximum Gasteiger partial charge on any atom is 0.422 e. The Morgan fingerprint density at radius 3 is 2.57 bits per heavy atom. The zero-order chi connectivity index (χ0) is 20.4. The van der Waals surface area contributed by atoms with E-state index in [1.165, 1.54) is 12.3 Å². The highest BCUT2D eigenvalue weighted by Gasteiger charge is 2.28. The number of benzene rings is 1. The number of nitrogens with zero attached hydrogens (tertiary/aromatic N) is 2. The predicted molar refractivity (Wildman–Crippen MR) is 100 cm³/mol. The summed E-state index contributed by atoms with van der Waals surface area (Å²) < 4.78 is 47.0. The van der Waals surface area contributed by atoms with Crippen LogP contribution in [0.2, 0.25) is 0 Å². The molecule has 152 valence electrons. The summed E-state index contributed by atoms with van der Waals surface area (Å²) in [6.07, 6.45) is -3.00. The van der Waals surface area contributed by atoms with Crippen LogP contribution < -0.4 is 20.1 Å². The van der Waals surface area contributed by atoms with Gasteiger partial charge in [0.15, 0.2) is 12.6 Å². The third-order valence-corrected chi connectivity index (χ3v) is 3.59. The zero-order valence-corrected chi connectivity index (χ0v) is 15.7. The summed E-state index contributed by atoms with van der Waals surface area (Å²) in [5.74, 6) is 1.26. The number of rotatable bonds is 8. The largest absolute Gasteiger partial charge is 0.494 e. The highest BCUT2D eigenvalue weighted by atomic mass is 19.4. The molecular weight excluding hydrogens is 373 g/mol. The number of pyridine rings is 1. The molecule has 0 aliphatic carbocycles. The molecule has 0 atom stereocenters. The Hall–Kier alpha value is -2.97. The smallest absolute Gasteiger partial charge is 0.422 e. The van der Waals surface area contributed by atoms with Gasteiger partial charge in [-0.05, 0) is 24.6 Å². The SMILES string of the molecule is CCOc1ccccc1CNC(=NC)NCc1ccnc(OCC(F)(F)F)c1. The second kappa shape index (κ2) is 10.4. The molecule has 0 aliphatic heterocycles. The minimum absolute atomic E-state index is 0.0785. The number of alkyl halides is 3. The van der Waals surface area contributed by atoms with Crippen molar-refractivity contribution in [3.63, 3.8) is 0 Å². The van der Waals surface area contributed by atoms with Crippen molar-refractivity contribution in [2.24, 2.45) is 4.99 Å². The Bertz CT molecular complexity index is 782. The molecule has 28 heavy (non-hydrogen) atoms. The lowest BCUT2D eigenvalue weighted by Gasteiger charge is -2.14. The van der Waals surface area contributed by atoms with E-state index in [1.807, 2.05) is 31.2 Å². The van der Waals surface area contributed by atoms with E-state index in [0.29, 0.717) is 31.2 Å². The maximum absolute atomic E-state index is 12.2. The van der Waals surface area contributed by atoms with Crippen molar-refractivity contribution >= 4 is 5.96 Å². The summed E-state index contributed by atoms with van der Waals surface area (Å²) in [5, 5.41) is 6.28. The molecule has 6 nitrogen and oxygen atoms in total. The number of aliphatic imine (C=N–C) groups is 1. The highest BCUT2D eigenvalue weighted by molar-refractivity contribution is 5.79. The number of hydrogen-bond acceptors (Lipinski definition) is 4. The lowest BCUT2D eigenvalue weighted by Crippen LogP contribution is -2.36. The maximum atomic E-state index is 12.2. The standard InChI is InChI=1S/C19H23F3N4O2/c1-3-27-16-7-5-4-6-15(16)12-26-18(23-2)25-11-14-8-9-24-17(10-14)28-13-19(20,21)22/h4-10H,3,11-13H2,1-2H3,(H2,23,25,26). The topological polar surface area (TPSA) is 67.8 Å². The van der Waals surface area contributed by atoms with Crippen LogP contribution in [0.5, 0.6) is 11.6 Å². The minimum Gasteiger partial charge on any atom is -0.494 e. The predicted octanol–water partition coefficient (Wildman–Crippen LogP) is 3.29. The normalized spacial score (nSPS) is 11.8. The molecule has 0 saturated carbocycles. The Morgan fingerprint density at radius 2 is 1.86 bits per heavy atom. The number of ether oxygens (including phenoxy) is 2. The molecule has 2 aromatic rings. The Morgan fingerprint density at radius 1 is 1.11 bits per heavy atom. The molecule has 0 spiro atoms. The molecule has 0 unspecified atom stereocenters. The molecule has 0 radical (unpaired) electrons. The van der Waals surface area contributed by atoms with Gasteiger partial charge < -0.3 is 20.1 Å². The van der Waals surface area contributed by atoms with Crippen LogP contribution in [-0.2, 0) is 13.1 Å². The number of aromatic nitrogens is 1. The first kappa shape index (κ1) is 21.3. The molecule has 1 aromatic heterocycles. The van der Waals surface area contributed by atoms with Crippen LogP contribution in [0.1, 0.15) is 18.1 Å². The van der Waals surface area contributed by atoms with E-state index in [1.54, 1.807) is 13.1 Å². The van der Waals surface area contributed by atoms with Gasteiger partial charge >= 0.3 is 6.18 Å². The van der Waals surface area contributed by atoms with Gasteiger partial charge in [-0.3, -0.25) is 4.99 Å². The van der Waals surface area contributed by atoms with Gasteiger partial charge in [0, 0.05) is 38.0 Å². The summed E-state index contributed by atoms with van der Waals surface area (Å²) in [4.78, 5) is 7.93. The second-order valence-electron chi connectivity index (χ2n) is 5.73. The van der Waals surface area contributed by atoms with Crippen LogP contribution in [0.3, 0.4) is 0 Å². The summed E-state index contributed by atoms with van der Waals surface area (Å²) in [6.45, 7) is 1.97. The number of halogens is 3. The Balaban J connectivity index is 1.89. The first-order valence-electron chi connectivity index (χ1n) is 8.71. The third-order valence-electron chi connectivity index (χ3n) is 3.59. The molecular formula is C19H23F3N4O2. The van der Waals surface area contributed by atoms with Crippen LogP contribution in [0.25, 0.3) is 0 Å². The average molecular weight is 396 g/mol. The van der Waals surface area contributed by atoms with E-state index in [2.05, 4.69) is 25.3 Å². The Labute approximate surface area is 161 Å². The number of nitrogens with one attached hydrogen (secondary N) is 2. The zero-order valence-electron chi connectivity index (χ0n) is 15.7. The molecule has 0 bridgehead atoms. The molecule has 2 N–H and O–H groups in total. The van der Waals surface area contributed by atoms with Gasteiger partial charge in [0.25, 0.3) is 0 Å². The summed E-state index contributed by atoms with van der Waals surface area (Å²) in [7, 11) is 1.63. The fraction of sp³-hybridized carbons (Fsp3) is 0.368. The van der Waals surface area contributed by atoms with E-state index in [0.717, 1.165) is 11.3 Å². The van der Waals surface area contributed by atoms with Crippen LogP contribution in [0.4, 0.5) is 13.2 Å². The van der Waals surface area contributed by atoms with Crippen molar-refractivity contribution in [1.82, 2.24) is 15.6 Å². The van der Waals surface area contributed by atoms with Gasteiger partial charge in [-0.1, -0.05) is 18.2 Å². The van der Waals surface area contributed by atoms with E-state index in [-0.39, 0.29) is 5.88 Å². The fourth-order valence-corrected chi connectivity index (χ4v) is 2.33. The molecule has 0 fully saturated rings. The lowest BCUT2D eigenvalue weighted by molar-refractivity contribution is -0.154. The quantitative estimate of drug-likeness (QED) is 0.530. The van der Waals surface area contributed by atoms with Crippen molar-refractivity contribution in [3.05, 3.63) is 53.7 Å². The number of hydrogen-bond donors (Lipinski definition) is 2. The van der Waals surface area contributed by atoms with Crippen LogP contribution >= 0.6 is 0 Å². The van der Waals surface area contributed by atoms with E-state index in [4.69, 9.17) is 4.74 Å². The van der Waals surface area contributed by atoms with Gasteiger partial charge in [-0.25, -0.2) is 4.98 Å². The molecule has 0 saturated heterocycles. The molecule has 0 aliphatic rings. The Kier molecular flexibility index (Phi) is 7.91. The van der Waals surface area contributed by atoms with Gasteiger partial charge in [0.05, 0.1) is 6.61 Å². The van der Waals surface area contributed by atoms with E-state index < -0.39 is 12.8 Å². The molecule has 0 amide bonds. The van der Waals surface area contributed by atoms with Crippen molar-refractivity contribution in [2.75, 3.05) is 20.3 Å².